The summed E-state index contributed by atoms with van der Waals surface area (Å²) in [7, 11) is -3.77. The lowest BCUT2D eigenvalue weighted by atomic mass is 9.44. The van der Waals surface area contributed by atoms with E-state index in [1.54, 1.807) is 12.1 Å². The first kappa shape index (κ1) is 31.5. The molecule has 0 amide bonds. The molecule has 6 rings (SSSR count). The van der Waals surface area contributed by atoms with Gasteiger partial charge in [0.25, 0.3) is 10.1 Å². The molecule has 5 nitrogen and oxygen atoms in total. The van der Waals surface area contributed by atoms with E-state index < -0.39 is 10.1 Å². The molecule has 0 aromatic heterocycles. The van der Waals surface area contributed by atoms with Crippen LogP contribution in [0.25, 0.3) is 0 Å². The Balaban J connectivity index is 1.16. The fourth-order valence-electron chi connectivity index (χ4n) is 10.4. The molecule has 4 aliphatic rings. The minimum Gasteiger partial charge on any atom is -0.458 e. The van der Waals surface area contributed by atoms with E-state index in [4.69, 9.17) is 8.92 Å². The number of ether oxygens (including phenoxy) is 1. The summed E-state index contributed by atoms with van der Waals surface area (Å²) in [5.41, 5.74) is 3.22. The summed E-state index contributed by atoms with van der Waals surface area (Å²) in [6.45, 7) is 13.9. The molecule has 4 aliphatic carbocycles. The second-order valence-electron chi connectivity index (χ2n) is 15.4. The summed E-state index contributed by atoms with van der Waals surface area (Å²) in [4.78, 5) is 13.2. The molecule has 0 saturated heterocycles. The van der Waals surface area contributed by atoms with Crippen molar-refractivity contribution in [2.24, 2.45) is 45.8 Å². The van der Waals surface area contributed by atoms with Gasteiger partial charge in [-0.2, -0.15) is 8.42 Å². The van der Waals surface area contributed by atoms with Gasteiger partial charge in [-0.05, 0) is 117 Å². The van der Waals surface area contributed by atoms with Crippen LogP contribution < -0.4 is 0 Å². The molecule has 3 fully saturated rings. The number of allylic oxidation sites excluding steroid dienone is 1. The molecule has 0 N–H and O–H groups in total. The second kappa shape index (κ2) is 11.4. The van der Waals surface area contributed by atoms with Gasteiger partial charge in [0.2, 0.25) is 0 Å². The quantitative estimate of drug-likeness (QED) is 0.176. The van der Waals surface area contributed by atoms with E-state index in [2.05, 4.69) is 40.7 Å². The molecule has 44 heavy (non-hydrogen) atoms. The number of carbonyl (C=O) groups is 1. The van der Waals surface area contributed by atoms with Crippen LogP contribution in [0.3, 0.4) is 0 Å². The van der Waals surface area contributed by atoms with Crippen molar-refractivity contribution in [1.82, 2.24) is 0 Å². The van der Waals surface area contributed by atoms with E-state index in [1.807, 2.05) is 49.4 Å². The summed E-state index contributed by atoms with van der Waals surface area (Å²) in [5, 5.41) is 0. The van der Waals surface area contributed by atoms with Crippen molar-refractivity contribution in [2.75, 3.05) is 6.61 Å². The molecule has 8 atom stereocenters. The molecule has 6 heteroatoms. The van der Waals surface area contributed by atoms with Crippen LogP contribution in [0.5, 0.6) is 0 Å². The Bertz CT molecular complexity index is 1510. The molecular formula is C38H50O5S. The molecule has 2 aromatic rings. The fourth-order valence-corrected chi connectivity index (χ4v) is 11.4. The van der Waals surface area contributed by atoms with Gasteiger partial charge in [-0.1, -0.05) is 82.2 Å². The number of rotatable bonds is 7. The Hall–Kier alpha value is -2.44. The maximum atomic E-state index is 13.0. The smallest absolute Gasteiger partial charge is 0.338 e. The number of hydrogen-bond acceptors (Lipinski definition) is 5. The van der Waals surface area contributed by atoms with Crippen molar-refractivity contribution in [3.63, 3.8) is 0 Å². The summed E-state index contributed by atoms with van der Waals surface area (Å²) in [6, 6.07) is 16.3. The number of hydrogen-bond donors (Lipinski definition) is 0. The maximum Gasteiger partial charge on any atom is 0.338 e. The van der Waals surface area contributed by atoms with Crippen LogP contribution in [0.15, 0.2) is 71.1 Å². The van der Waals surface area contributed by atoms with Crippen LogP contribution in [0, 0.1) is 52.8 Å². The number of esters is 1. The zero-order valence-corrected chi connectivity index (χ0v) is 28.2. The van der Waals surface area contributed by atoms with Gasteiger partial charge < -0.3 is 4.74 Å². The Morgan fingerprint density at radius 2 is 1.61 bits per heavy atom. The molecule has 3 saturated carbocycles. The highest BCUT2D eigenvalue weighted by molar-refractivity contribution is 7.86. The highest BCUT2D eigenvalue weighted by atomic mass is 32.2. The minimum atomic E-state index is -3.77. The molecule has 238 valence electrons. The minimum absolute atomic E-state index is 0.109. The van der Waals surface area contributed by atoms with E-state index in [9.17, 15) is 13.2 Å². The van der Waals surface area contributed by atoms with Crippen LogP contribution >= 0.6 is 0 Å². The Labute approximate surface area is 264 Å². The SMILES string of the molecule is Cc1ccc(S(=O)(=O)OC[C@@H](C)[C@H]2CC[C@H]3[C@@H]4CC=C5C(C)(C)[C@@H](OC(=O)c6ccccc6)CC[C@]5(C)[C@H]4CC[C@]23C)cc1. The topological polar surface area (TPSA) is 69.7 Å². The highest BCUT2D eigenvalue weighted by Crippen LogP contribution is 2.69. The Morgan fingerprint density at radius 3 is 2.32 bits per heavy atom. The molecule has 0 aliphatic heterocycles. The van der Waals surface area contributed by atoms with Crippen molar-refractivity contribution in [2.45, 2.75) is 97.5 Å². The zero-order valence-electron chi connectivity index (χ0n) is 27.3. The van der Waals surface area contributed by atoms with E-state index >= 15 is 0 Å². The summed E-state index contributed by atoms with van der Waals surface area (Å²) in [6.07, 6.45) is 10.1. The third-order valence-corrected chi connectivity index (χ3v) is 14.0. The zero-order chi connectivity index (χ0) is 31.5. The third-order valence-electron chi connectivity index (χ3n) is 12.7. The summed E-state index contributed by atoms with van der Waals surface area (Å²) >= 11 is 0. The first-order chi connectivity index (χ1) is 20.8. The number of fused-ring (bicyclic) bond motifs is 5. The van der Waals surface area contributed by atoms with Crippen molar-refractivity contribution in [3.05, 3.63) is 77.4 Å². The van der Waals surface area contributed by atoms with E-state index in [-0.39, 0.29) is 45.7 Å². The molecule has 0 bridgehead atoms. The van der Waals surface area contributed by atoms with Gasteiger partial charge in [0.05, 0.1) is 17.1 Å². The highest BCUT2D eigenvalue weighted by Gasteiger charge is 2.61. The average Bonchev–Trinajstić information content (AvgIpc) is 3.35. The normalized spacial score (nSPS) is 35.0. The van der Waals surface area contributed by atoms with E-state index in [0.29, 0.717) is 29.2 Å². The van der Waals surface area contributed by atoms with Gasteiger partial charge in [0.1, 0.15) is 6.10 Å². The molecule has 2 aromatic carbocycles. The van der Waals surface area contributed by atoms with Crippen molar-refractivity contribution < 1.29 is 22.1 Å². The van der Waals surface area contributed by atoms with Crippen LogP contribution in [-0.4, -0.2) is 27.1 Å². The fraction of sp³-hybridized carbons (Fsp3) is 0.605. The number of carbonyl (C=O) groups excluding carboxylic acids is 1. The lowest BCUT2D eigenvalue weighted by Crippen LogP contribution is -2.55. The first-order valence-electron chi connectivity index (χ1n) is 16.7. The molecule has 0 heterocycles. The van der Waals surface area contributed by atoms with Crippen LogP contribution in [-0.2, 0) is 19.0 Å². The first-order valence-corrected chi connectivity index (χ1v) is 18.1. The Morgan fingerprint density at radius 1 is 0.909 bits per heavy atom. The van der Waals surface area contributed by atoms with E-state index in [1.165, 1.54) is 24.8 Å². The molecule has 0 spiro atoms. The monoisotopic (exact) mass is 618 g/mol. The molecular weight excluding hydrogens is 568 g/mol. The maximum absolute atomic E-state index is 13.0. The average molecular weight is 619 g/mol. The number of benzene rings is 2. The van der Waals surface area contributed by atoms with Crippen LogP contribution in [0.1, 0.15) is 95.5 Å². The van der Waals surface area contributed by atoms with Crippen molar-refractivity contribution in [3.8, 4) is 0 Å². The lowest BCUT2D eigenvalue weighted by molar-refractivity contribution is -0.0835. The predicted octanol–water partition coefficient (Wildman–Crippen LogP) is 8.78. The molecule has 0 radical (unpaired) electrons. The van der Waals surface area contributed by atoms with Gasteiger partial charge >= 0.3 is 5.97 Å². The van der Waals surface area contributed by atoms with Crippen molar-refractivity contribution >= 4 is 16.1 Å². The van der Waals surface area contributed by atoms with Gasteiger partial charge in [-0.15, -0.1) is 0 Å². The standard InChI is InChI=1S/C38H50O5S/c1-25-12-14-28(15-13-25)44(40,41)42-24-26(2)30-17-18-31-29-16-19-33-36(3,4)34(43-35(39)27-10-8-7-9-11-27)21-23-38(33,6)32(29)20-22-37(30,31)5/h7-15,19,26,29-32,34H,16-18,20-24H2,1-6H3/t26-,29+,30-,31+,32+,34+,37-,38-/m1/s1. The van der Waals surface area contributed by atoms with Gasteiger partial charge in [0, 0.05) is 5.41 Å². The van der Waals surface area contributed by atoms with Crippen molar-refractivity contribution in [1.29, 1.82) is 0 Å². The van der Waals surface area contributed by atoms with E-state index in [0.717, 1.165) is 31.2 Å². The Kier molecular flexibility index (Phi) is 8.18. The molecule has 0 unspecified atom stereocenters. The van der Waals surface area contributed by atoms with Crippen LogP contribution in [0.4, 0.5) is 0 Å². The van der Waals surface area contributed by atoms with Crippen LogP contribution in [0.2, 0.25) is 0 Å². The van der Waals surface area contributed by atoms with Gasteiger partial charge in [0.15, 0.2) is 0 Å². The van der Waals surface area contributed by atoms with Gasteiger partial charge in [-0.25, -0.2) is 4.79 Å². The summed E-state index contributed by atoms with van der Waals surface area (Å²) in [5.74, 6) is 2.28. The largest absolute Gasteiger partial charge is 0.458 e. The predicted molar refractivity (Wildman–Crippen MR) is 173 cm³/mol. The summed E-state index contributed by atoms with van der Waals surface area (Å²) < 4.78 is 37.7. The number of aryl methyl sites for hydroxylation is 1. The third kappa shape index (κ3) is 5.28. The van der Waals surface area contributed by atoms with Gasteiger partial charge in [-0.3, -0.25) is 4.18 Å². The lowest BCUT2D eigenvalue weighted by Gasteiger charge is -2.61. The second-order valence-corrected chi connectivity index (χ2v) is 17.0.